The molecular formula is C13H8F5NO2S. The molecule has 0 atom stereocenters. The summed E-state index contributed by atoms with van der Waals surface area (Å²) in [6, 6.07) is 5.00. The van der Waals surface area contributed by atoms with Crippen LogP contribution in [0.4, 0.5) is 27.6 Å². The van der Waals surface area contributed by atoms with Crippen LogP contribution in [0.25, 0.3) is 0 Å². The van der Waals surface area contributed by atoms with Gasteiger partial charge < -0.3 is 0 Å². The average Bonchev–Trinajstić information content (AvgIpc) is 2.37. The summed E-state index contributed by atoms with van der Waals surface area (Å²) in [5.41, 5.74) is -1.14. The first-order valence-electron chi connectivity index (χ1n) is 5.75. The molecule has 2 rings (SSSR count). The van der Waals surface area contributed by atoms with Crippen molar-refractivity contribution in [2.24, 2.45) is 0 Å². The van der Waals surface area contributed by atoms with Crippen molar-refractivity contribution in [2.45, 2.75) is 11.1 Å². The Hall–Kier alpha value is -2.16. The van der Waals surface area contributed by atoms with Gasteiger partial charge in [0.1, 0.15) is 16.5 Å². The molecule has 2 aromatic rings. The number of anilines is 1. The Morgan fingerprint density at radius 2 is 1.50 bits per heavy atom. The van der Waals surface area contributed by atoms with Gasteiger partial charge >= 0.3 is 6.18 Å². The predicted molar refractivity (Wildman–Crippen MR) is 68.6 cm³/mol. The van der Waals surface area contributed by atoms with Crippen molar-refractivity contribution in [1.82, 2.24) is 0 Å². The van der Waals surface area contributed by atoms with Crippen molar-refractivity contribution in [2.75, 3.05) is 4.72 Å². The van der Waals surface area contributed by atoms with Crippen molar-refractivity contribution in [3.05, 3.63) is 59.7 Å². The molecular weight excluding hydrogens is 329 g/mol. The number of rotatable bonds is 3. The van der Waals surface area contributed by atoms with Crippen molar-refractivity contribution in [3.8, 4) is 0 Å². The first-order chi connectivity index (χ1) is 10.1. The molecule has 9 heteroatoms. The van der Waals surface area contributed by atoms with E-state index >= 15 is 0 Å². The fraction of sp³-hybridized carbons (Fsp3) is 0.0769. The minimum atomic E-state index is -4.56. The van der Waals surface area contributed by atoms with Gasteiger partial charge in [0.05, 0.1) is 5.56 Å². The zero-order valence-corrected chi connectivity index (χ0v) is 11.5. The predicted octanol–water partition coefficient (Wildman–Crippen LogP) is 3.78. The van der Waals surface area contributed by atoms with Crippen LogP contribution in [0.2, 0.25) is 0 Å². The van der Waals surface area contributed by atoms with E-state index in [2.05, 4.69) is 0 Å². The van der Waals surface area contributed by atoms with E-state index in [0.29, 0.717) is 18.2 Å². The minimum Gasteiger partial charge on any atom is -0.280 e. The largest absolute Gasteiger partial charge is 0.416 e. The Morgan fingerprint density at radius 1 is 0.909 bits per heavy atom. The zero-order valence-electron chi connectivity index (χ0n) is 10.7. The van der Waals surface area contributed by atoms with Crippen LogP contribution in [0.3, 0.4) is 0 Å². The fourth-order valence-electron chi connectivity index (χ4n) is 1.63. The van der Waals surface area contributed by atoms with Gasteiger partial charge in [-0.3, -0.25) is 4.72 Å². The van der Waals surface area contributed by atoms with Crippen LogP contribution in [0, 0.1) is 11.6 Å². The summed E-state index contributed by atoms with van der Waals surface area (Å²) in [6.45, 7) is 0. The zero-order chi connectivity index (χ0) is 16.5. The molecule has 1 N–H and O–H groups in total. The number of alkyl halides is 3. The Labute approximate surface area is 122 Å². The third-order valence-electron chi connectivity index (χ3n) is 2.65. The number of benzene rings is 2. The van der Waals surface area contributed by atoms with Gasteiger partial charge in [-0.15, -0.1) is 0 Å². The summed E-state index contributed by atoms with van der Waals surface area (Å²) in [7, 11) is -4.38. The van der Waals surface area contributed by atoms with Gasteiger partial charge in [-0.2, -0.15) is 13.2 Å². The second-order valence-corrected chi connectivity index (χ2v) is 5.91. The van der Waals surface area contributed by atoms with E-state index in [1.165, 1.54) is 0 Å². The van der Waals surface area contributed by atoms with Crippen LogP contribution >= 0.6 is 0 Å². The quantitative estimate of drug-likeness (QED) is 0.867. The molecule has 0 aliphatic carbocycles. The average molecular weight is 337 g/mol. The van der Waals surface area contributed by atoms with E-state index < -0.39 is 38.3 Å². The van der Waals surface area contributed by atoms with E-state index in [9.17, 15) is 30.4 Å². The van der Waals surface area contributed by atoms with E-state index in [0.717, 1.165) is 24.3 Å². The van der Waals surface area contributed by atoms with Crippen LogP contribution in [0.5, 0.6) is 0 Å². The second kappa shape index (κ2) is 5.56. The normalized spacial score (nSPS) is 12.2. The van der Waals surface area contributed by atoms with E-state index in [1.54, 1.807) is 0 Å². The van der Waals surface area contributed by atoms with Gasteiger partial charge in [0, 0.05) is 11.8 Å². The molecule has 118 valence electrons. The maximum Gasteiger partial charge on any atom is 0.416 e. The smallest absolute Gasteiger partial charge is 0.280 e. The summed E-state index contributed by atoms with van der Waals surface area (Å²) in [4.78, 5) is -0.811. The van der Waals surface area contributed by atoms with Crippen molar-refractivity contribution in [1.29, 1.82) is 0 Å². The highest BCUT2D eigenvalue weighted by atomic mass is 32.2. The molecule has 0 aromatic heterocycles. The van der Waals surface area contributed by atoms with E-state index in [1.807, 2.05) is 4.72 Å². The standard InChI is InChI=1S/C13H8F5NO2S/c14-9-3-6-12(11(15)7-9)22(20,21)19-10-4-1-8(2-5-10)13(16,17)18/h1-7,19H. The van der Waals surface area contributed by atoms with Crippen LogP contribution in [-0.2, 0) is 16.2 Å². The van der Waals surface area contributed by atoms with Gasteiger partial charge in [-0.1, -0.05) is 0 Å². The maximum absolute atomic E-state index is 13.5. The first-order valence-corrected chi connectivity index (χ1v) is 7.23. The van der Waals surface area contributed by atoms with Crippen LogP contribution in [0.1, 0.15) is 5.56 Å². The lowest BCUT2D eigenvalue weighted by Crippen LogP contribution is -2.15. The van der Waals surface area contributed by atoms with E-state index in [-0.39, 0.29) is 5.69 Å². The lowest BCUT2D eigenvalue weighted by atomic mass is 10.2. The first kappa shape index (κ1) is 16.2. The van der Waals surface area contributed by atoms with E-state index in [4.69, 9.17) is 0 Å². The number of sulfonamides is 1. The molecule has 0 unspecified atom stereocenters. The monoisotopic (exact) mass is 337 g/mol. The van der Waals surface area contributed by atoms with Crippen molar-refractivity contribution < 1.29 is 30.4 Å². The Morgan fingerprint density at radius 3 is 2.00 bits per heavy atom. The molecule has 0 aliphatic rings. The van der Waals surface area contributed by atoms with Crippen molar-refractivity contribution in [3.63, 3.8) is 0 Å². The molecule has 0 radical (unpaired) electrons. The summed E-state index contributed by atoms with van der Waals surface area (Å²) in [5, 5.41) is 0. The molecule has 0 saturated heterocycles. The highest BCUT2D eigenvalue weighted by Crippen LogP contribution is 2.30. The lowest BCUT2D eigenvalue weighted by molar-refractivity contribution is -0.137. The molecule has 0 aliphatic heterocycles. The summed E-state index contributed by atoms with van der Waals surface area (Å²) >= 11 is 0. The lowest BCUT2D eigenvalue weighted by Gasteiger charge is -2.10. The maximum atomic E-state index is 13.5. The van der Waals surface area contributed by atoms with Gasteiger partial charge in [0.25, 0.3) is 10.0 Å². The molecule has 0 bridgehead atoms. The number of nitrogens with one attached hydrogen (secondary N) is 1. The molecule has 2 aromatic carbocycles. The van der Waals surface area contributed by atoms with Gasteiger partial charge in [0.2, 0.25) is 0 Å². The minimum absolute atomic E-state index is 0.184. The molecule has 0 heterocycles. The molecule has 22 heavy (non-hydrogen) atoms. The fourth-order valence-corrected chi connectivity index (χ4v) is 2.75. The third-order valence-corrected chi connectivity index (χ3v) is 4.06. The molecule has 0 fully saturated rings. The molecule has 0 spiro atoms. The van der Waals surface area contributed by atoms with Gasteiger partial charge in [-0.05, 0) is 36.4 Å². The van der Waals surface area contributed by atoms with Gasteiger partial charge in [0.15, 0.2) is 0 Å². The summed E-state index contributed by atoms with van der Waals surface area (Å²) in [5.74, 6) is -2.26. The van der Waals surface area contributed by atoms with Crippen LogP contribution in [-0.4, -0.2) is 8.42 Å². The third kappa shape index (κ3) is 3.53. The molecule has 3 nitrogen and oxygen atoms in total. The number of hydrogen-bond donors (Lipinski definition) is 1. The topological polar surface area (TPSA) is 46.2 Å². The molecule has 0 amide bonds. The Kier molecular flexibility index (Phi) is 4.10. The number of halogens is 5. The highest BCUT2D eigenvalue weighted by molar-refractivity contribution is 7.92. The highest BCUT2D eigenvalue weighted by Gasteiger charge is 2.30. The summed E-state index contributed by atoms with van der Waals surface area (Å²) < 4.78 is 89.1. The summed E-state index contributed by atoms with van der Waals surface area (Å²) in [6.07, 6.45) is -4.56. The Bertz CT molecular complexity index is 785. The molecule has 0 saturated carbocycles. The second-order valence-electron chi connectivity index (χ2n) is 4.26. The SMILES string of the molecule is O=S(=O)(Nc1ccc(C(F)(F)F)cc1)c1ccc(F)cc1F. The Balaban J connectivity index is 2.29. The van der Waals surface area contributed by atoms with Crippen molar-refractivity contribution >= 4 is 15.7 Å². The van der Waals surface area contributed by atoms with Crippen LogP contribution in [0.15, 0.2) is 47.4 Å². The number of hydrogen-bond acceptors (Lipinski definition) is 2. The van der Waals surface area contributed by atoms with Gasteiger partial charge in [-0.25, -0.2) is 17.2 Å². The van der Waals surface area contributed by atoms with Crippen LogP contribution < -0.4 is 4.72 Å².